The van der Waals surface area contributed by atoms with Crippen LogP contribution in [0.1, 0.15) is 10.4 Å². The average molecular weight is 575 g/mol. The van der Waals surface area contributed by atoms with Crippen LogP contribution in [-0.2, 0) is 9.53 Å². The van der Waals surface area contributed by atoms with Crippen LogP contribution in [0.3, 0.4) is 0 Å². The van der Waals surface area contributed by atoms with Crippen LogP contribution in [0.2, 0.25) is 0 Å². The fourth-order valence-corrected chi connectivity index (χ4v) is 5.13. The molecule has 42 heavy (non-hydrogen) atoms. The Hall–Kier alpha value is -4.22. The molecule has 1 aromatic heterocycles. The van der Waals surface area contributed by atoms with E-state index >= 15 is 0 Å². The van der Waals surface area contributed by atoms with Crippen molar-refractivity contribution in [3.05, 3.63) is 66.2 Å². The third-order valence-electron chi connectivity index (χ3n) is 7.71. The largest absolute Gasteiger partial charge is 0.497 e. The van der Waals surface area contributed by atoms with E-state index in [-0.39, 0.29) is 18.4 Å². The Bertz CT molecular complexity index is 1320. The number of methoxy groups -OCH3 is 2. The summed E-state index contributed by atoms with van der Waals surface area (Å²) >= 11 is 0. The number of carbonyl (C=O) groups excluding carboxylic acids is 2. The third kappa shape index (κ3) is 7.34. The number of hydrogen-bond acceptors (Lipinski definition) is 9. The van der Waals surface area contributed by atoms with Crippen LogP contribution < -0.4 is 14.4 Å². The number of hydrogen-bond donors (Lipinski definition) is 0. The highest BCUT2D eigenvalue weighted by Gasteiger charge is 2.26. The van der Waals surface area contributed by atoms with Gasteiger partial charge in [-0.15, -0.1) is 10.2 Å². The normalized spacial score (nSPS) is 15.8. The van der Waals surface area contributed by atoms with Gasteiger partial charge in [-0.3, -0.25) is 14.5 Å². The van der Waals surface area contributed by atoms with E-state index < -0.39 is 0 Å². The molecule has 0 unspecified atom stereocenters. The van der Waals surface area contributed by atoms with Gasteiger partial charge in [-0.05, 0) is 48.5 Å². The zero-order valence-corrected chi connectivity index (χ0v) is 24.3. The molecule has 2 aliphatic rings. The summed E-state index contributed by atoms with van der Waals surface area (Å²) in [6.07, 6.45) is 0. The maximum Gasteiger partial charge on any atom is 0.254 e. The maximum absolute atomic E-state index is 13.5. The Morgan fingerprint density at radius 2 is 1.60 bits per heavy atom. The molecule has 2 fully saturated rings. The van der Waals surface area contributed by atoms with Crippen molar-refractivity contribution in [2.75, 3.05) is 91.2 Å². The van der Waals surface area contributed by atoms with Gasteiger partial charge in [0.25, 0.3) is 5.91 Å². The van der Waals surface area contributed by atoms with E-state index in [9.17, 15) is 9.59 Å². The van der Waals surface area contributed by atoms with E-state index in [1.54, 1.807) is 43.4 Å². The average Bonchev–Trinajstić information content (AvgIpc) is 3.07. The van der Waals surface area contributed by atoms with Gasteiger partial charge in [0.2, 0.25) is 5.91 Å². The molecule has 0 N–H and O–H groups in total. The SMILES string of the molecule is COc1ccc(C(=O)N(CCN2CCOCC2)CC(=O)N2CCN(c3ccc(-c4cccc(OC)c4)nn3)CC2)cc1. The fraction of sp³-hybridized carbons (Fsp3) is 0.419. The van der Waals surface area contributed by atoms with Crippen molar-refractivity contribution in [3.8, 4) is 22.8 Å². The summed E-state index contributed by atoms with van der Waals surface area (Å²) < 4.78 is 16.0. The molecule has 2 saturated heterocycles. The number of ether oxygens (including phenoxy) is 3. The summed E-state index contributed by atoms with van der Waals surface area (Å²) in [7, 11) is 3.23. The van der Waals surface area contributed by atoms with Gasteiger partial charge in [0, 0.05) is 63.5 Å². The molecule has 5 rings (SSSR count). The van der Waals surface area contributed by atoms with Crippen LogP contribution in [0, 0.1) is 0 Å². The molecule has 2 aromatic carbocycles. The smallest absolute Gasteiger partial charge is 0.254 e. The van der Waals surface area contributed by atoms with Crippen LogP contribution >= 0.6 is 0 Å². The molecule has 0 bridgehead atoms. The standard InChI is InChI=1S/C31H38N6O5/c1-40-26-8-6-24(7-9-26)31(39)37(13-12-34-18-20-42-21-19-34)23-30(38)36-16-14-35(15-17-36)29-11-10-28(32-33-29)25-4-3-5-27(22-25)41-2/h3-11,22H,12-21,23H2,1-2H3. The monoisotopic (exact) mass is 574 g/mol. The van der Waals surface area contributed by atoms with Crippen molar-refractivity contribution in [1.29, 1.82) is 0 Å². The fourth-order valence-electron chi connectivity index (χ4n) is 5.13. The number of aromatic nitrogens is 2. The van der Waals surface area contributed by atoms with Crippen LogP contribution in [0.5, 0.6) is 11.5 Å². The first-order chi connectivity index (χ1) is 20.5. The lowest BCUT2D eigenvalue weighted by molar-refractivity contribution is -0.132. The van der Waals surface area contributed by atoms with Gasteiger partial charge in [-0.1, -0.05) is 12.1 Å². The first-order valence-electron chi connectivity index (χ1n) is 14.3. The first-order valence-corrected chi connectivity index (χ1v) is 14.3. The number of amides is 2. The molecule has 0 spiro atoms. The molecule has 11 nitrogen and oxygen atoms in total. The van der Waals surface area contributed by atoms with Gasteiger partial charge < -0.3 is 28.9 Å². The molecule has 0 saturated carbocycles. The molecular weight excluding hydrogens is 536 g/mol. The number of rotatable bonds is 10. The Kier molecular flexibility index (Phi) is 9.83. The van der Waals surface area contributed by atoms with Gasteiger partial charge in [0.05, 0.1) is 33.1 Å². The maximum atomic E-state index is 13.5. The summed E-state index contributed by atoms with van der Waals surface area (Å²) in [6, 6.07) is 18.6. The minimum atomic E-state index is -0.163. The predicted octanol–water partition coefficient (Wildman–Crippen LogP) is 2.28. The predicted molar refractivity (Wildman–Crippen MR) is 159 cm³/mol. The number of benzene rings is 2. The molecule has 2 amide bonds. The lowest BCUT2D eigenvalue weighted by Gasteiger charge is -2.36. The quantitative estimate of drug-likeness (QED) is 0.361. The van der Waals surface area contributed by atoms with E-state index in [1.165, 1.54) is 0 Å². The lowest BCUT2D eigenvalue weighted by Crippen LogP contribution is -2.53. The summed E-state index contributed by atoms with van der Waals surface area (Å²) in [5, 5.41) is 8.87. The highest BCUT2D eigenvalue weighted by Crippen LogP contribution is 2.23. The highest BCUT2D eigenvalue weighted by atomic mass is 16.5. The van der Waals surface area contributed by atoms with E-state index in [0.29, 0.717) is 63.8 Å². The van der Waals surface area contributed by atoms with Gasteiger partial charge >= 0.3 is 0 Å². The molecule has 0 radical (unpaired) electrons. The molecular formula is C31H38N6O5. The summed E-state index contributed by atoms with van der Waals surface area (Å²) in [6.45, 7) is 6.57. The van der Waals surface area contributed by atoms with Crippen molar-refractivity contribution < 1.29 is 23.8 Å². The second-order valence-electron chi connectivity index (χ2n) is 10.3. The number of anilines is 1. The Morgan fingerprint density at radius 1 is 0.857 bits per heavy atom. The van der Waals surface area contributed by atoms with E-state index in [4.69, 9.17) is 14.2 Å². The molecule has 3 heterocycles. The summed E-state index contributed by atoms with van der Waals surface area (Å²) in [5.74, 6) is 2.00. The zero-order valence-electron chi connectivity index (χ0n) is 24.3. The van der Waals surface area contributed by atoms with Crippen molar-refractivity contribution in [3.63, 3.8) is 0 Å². The zero-order chi connectivity index (χ0) is 29.3. The second kappa shape index (κ2) is 14.1. The van der Waals surface area contributed by atoms with Gasteiger partial charge in [-0.2, -0.15) is 0 Å². The Morgan fingerprint density at radius 3 is 2.26 bits per heavy atom. The van der Waals surface area contributed by atoms with Gasteiger partial charge in [0.15, 0.2) is 5.82 Å². The molecule has 0 aliphatic carbocycles. The topological polar surface area (TPSA) is 101 Å². The van der Waals surface area contributed by atoms with E-state index in [0.717, 1.165) is 35.9 Å². The van der Waals surface area contributed by atoms with Crippen LogP contribution in [-0.4, -0.2) is 123 Å². The van der Waals surface area contributed by atoms with Crippen molar-refractivity contribution in [2.45, 2.75) is 0 Å². The molecule has 11 heteroatoms. The van der Waals surface area contributed by atoms with Crippen molar-refractivity contribution in [2.24, 2.45) is 0 Å². The van der Waals surface area contributed by atoms with Crippen LogP contribution in [0.4, 0.5) is 5.82 Å². The Balaban J connectivity index is 1.18. The van der Waals surface area contributed by atoms with Gasteiger partial charge in [-0.25, -0.2) is 0 Å². The van der Waals surface area contributed by atoms with Crippen molar-refractivity contribution in [1.82, 2.24) is 24.9 Å². The number of morpholine rings is 1. The molecule has 0 atom stereocenters. The van der Waals surface area contributed by atoms with Crippen LogP contribution in [0.25, 0.3) is 11.3 Å². The van der Waals surface area contributed by atoms with Crippen LogP contribution in [0.15, 0.2) is 60.7 Å². The molecule has 2 aliphatic heterocycles. The highest BCUT2D eigenvalue weighted by molar-refractivity contribution is 5.96. The molecule has 3 aromatic rings. The summed E-state index contributed by atoms with van der Waals surface area (Å²) in [4.78, 5) is 34.8. The first kappa shape index (κ1) is 29.3. The van der Waals surface area contributed by atoms with Crippen molar-refractivity contribution >= 4 is 17.6 Å². The lowest BCUT2D eigenvalue weighted by atomic mass is 10.1. The second-order valence-corrected chi connectivity index (χ2v) is 10.3. The summed E-state index contributed by atoms with van der Waals surface area (Å²) in [5.41, 5.74) is 2.24. The molecule has 222 valence electrons. The minimum absolute atomic E-state index is 0.0320. The number of piperazine rings is 1. The Labute approximate surface area is 246 Å². The van der Waals surface area contributed by atoms with E-state index in [2.05, 4.69) is 20.0 Å². The number of nitrogens with zero attached hydrogens (tertiary/aromatic N) is 6. The minimum Gasteiger partial charge on any atom is -0.497 e. The van der Waals surface area contributed by atoms with Gasteiger partial charge in [0.1, 0.15) is 18.0 Å². The number of carbonyl (C=O) groups is 2. The third-order valence-corrected chi connectivity index (χ3v) is 7.71. The van der Waals surface area contributed by atoms with E-state index in [1.807, 2.05) is 41.3 Å².